The first-order valence-corrected chi connectivity index (χ1v) is 8.48. The molecule has 0 aliphatic carbocycles. The summed E-state index contributed by atoms with van der Waals surface area (Å²) in [6.45, 7) is 0. The molecule has 1 amide bonds. The Labute approximate surface area is 147 Å². The number of benzene rings is 1. The molecule has 0 aliphatic rings. The van der Waals surface area contributed by atoms with Gasteiger partial charge in [-0.05, 0) is 36.4 Å². The van der Waals surface area contributed by atoms with Crippen molar-refractivity contribution in [1.29, 1.82) is 0 Å². The first-order valence-electron chi connectivity index (χ1n) is 7.28. The molecule has 3 aromatic rings. The minimum atomic E-state index is -0.193. The second-order valence-corrected chi connectivity index (χ2v) is 6.81. The number of anilines is 1. The van der Waals surface area contributed by atoms with Crippen LogP contribution in [0.4, 0.5) is 5.69 Å². The van der Waals surface area contributed by atoms with Crippen LogP contribution in [0.5, 0.6) is 0 Å². The van der Waals surface area contributed by atoms with Crippen LogP contribution >= 0.6 is 22.9 Å². The van der Waals surface area contributed by atoms with E-state index in [1.54, 1.807) is 24.7 Å². The van der Waals surface area contributed by atoms with Crippen LogP contribution in [0.15, 0.2) is 55.1 Å². The summed E-state index contributed by atoms with van der Waals surface area (Å²) in [5.74, 6) is -0.265. The average molecular weight is 360 g/mol. The highest BCUT2D eigenvalue weighted by atomic mass is 35.5. The van der Waals surface area contributed by atoms with E-state index in [1.165, 1.54) is 11.3 Å². The molecule has 2 heterocycles. The largest absolute Gasteiger partial charge is 0.326 e. The lowest BCUT2D eigenvalue weighted by atomic mass is 10.2. The molecule has 24 heavy (non-hydrogen) atoms. The number of rotatable bonds is 6. The number of aromatic nitrogens is 2. The number of amides is 1. The molecule has 0 atom stereocenters. The van der Waals surface area contributed by atoms with E-state index in [4.69, 9.17) is 11.6 Å². The smallest absolute Gasteiger partial charge is 0.224 e. The number of hydrogen-bond donors (Lipinski definition) is 1. The molecule has 1 aromatic carbocycles. The fraction of sp³-hybridized carbons (Fsp3) is 0.118. The number of carbonyl (C=O) groups excluding carboxylic acids is 2. The zero-order chi connectivity index (χ0) is 16.9. The van der Waals surface area contributed by atoms with Crippen LogP contribution in [-0.2, 0) is 4.79 Å². The Morgan fingerprint density at radius 2 is 1.92 bits per heavy atom. The third kappa shape index (κ3) is 4.10. The Morgan fingerprint density at radius 3 is 2.54 bits per heavy atom. The third-order valence-electron chi connectivity index (χ3n) is 3.38. The van der Waals surface area contributed by atoms with Crippen molar-refractivity contribution < 1.29 is 9.59 Å². The topological polar surface area (TPSA) is 64.0 Å². The van der Waals surface area contributed by atoms with Crippen LogP contribution in [0.1, 0.15) is 22.5 Å². The lowest BCUT2D eigenvalue weighted by Crippen LogP contribution is -2.13. The molecule has 122 valence electrons. The van der Waals surface area contributed by atoms with E-state index < -0.39 is 0 Å². The normalized spacial score (nSPS) is 10.5. The van der Waals surface area contributed by atoms with Crippen molar-refractivity contribution in [2.45, 2.75) is 12.8 Å². The van der Waals surface area contributed by atoms with Gasteiger partial charge in [0.15, 0.2) is 5.78 Å². The van der Waals surface area contributed by atoms with Crippen molar-refractivity contribution in [2.24, 2.45) is 0 Å². The summed E-state index contributed by atoms with van der Waals surface area (Å²) in [5.41, 5.74) is 1.64. The molecule has 0 radical (unpaired) electrons. The minimum Gasteiger partial charge on any atom is -0.326 e. The van der Waals surface area contributed by atoms with Crippen molar-refractivity contribution in [2.75, 3.05) is 5.32 Å². The van der Waals surface area contributed by atoms with E-state index >= 15 is 0 Å². The first-order chi connectivity index (χ1) is 11.6. The molecule has 2 aromatic heterocycles. The molecule has 3 rings (SSSR count). The van der Waals surface area contributed by atoms with Crippen LogP contribution in [0.2, 0.25) is 4.34 Å². The lowest BCUT2D eigenvalue weighted by molar-refractivity contribution is -0.116. The van der Waals surface area contributed by atoms with Crippen LogP contribution in [0.3, 0.4) is 0 Å². The molecule has 0 saturated carbocycles. The van der Waals surface area contributed by atoms with Gasteiger partial charge in [0.2, 0.25) is 5.91 Å². The number of nitrogens with one attached hydrogen (secondary N) is 1. The molecular weight excluding hydrogens is 346 g/mol. The van der Waals surface area contributed by atoms with Gasteiger partial charge in [-0.3, -0.25) is 9.59 Å². The minimum absolute atomic E-state index is 0.0718. The van der Waals surface area contributed by atoms with Crippen molar-refractivity contribution in [3.05, 3.63) is 64.3 Å². The highest BCUT2D eigenvalue weighted by molar-refractivity contribution is 7.18. The quantitative estimate of drug-likeness (QED) is 0.671. The predicted octanol–water partition coefficient (Wildman–Crippen LogP) is 4.19. The maximum absolute atomic E-state index is 12.0. The summed E-state index contributed by atoms with van der Waals surface area (Å²) in [7, 11) is 0. The summed E-state index contributed by atoms with van der Waals surface area (Å²) in [6, 6.07) is 10.8. The standard InChI is InChI=1S/C17H14ClN3O2S/c18-16-7-6-15(24-16)14(22)5-8-17(23)20-12-1-3-13(4-2-12)21-10-9-19-11-21/h1-4,6-7,9-11H,5,8H2,(H,20,23). The predicted molar refractivity (Wildman–Crippen MR) is 95.1 cm³/mol. The van der Waals surface area contributed by atoms with Gasteiger partial charge in [-0.25, -0.2) is 4.98 Å². The monoisotopic (exact) mass is 359 g/mol. The summed E-state index contributed by atoms with van der Waals surface area (Å²) in [5, 5.41) is 2.79. The second-order valence-electron chi connectivity index (χ2n) is 5.09. The van der Waals surface area contributed by atoms with Crippen LogP contribution < -0.4 is 5.32 Å². The van der Waals surface area contributed by atoms with Gasteiger partial charge >= 0.3 is 0 Å². The Kier molecular flexibility index (Phi) is 5.08. The fourth-order valence-corrected chi connectivity index (χ4v) is 3.18. The summed E-state index contributed by atoms with van der Waals surface area (Å²) >= 11 is 7.03. The number of thiophene rings is 1. The first kappa shape index (κ1) is 16.4. The van der Waals surface area contributed by atoms with Crippen LogP contribution in [0, 0.1) is 0 Å². The Bertz CT molecular complexity index is 841. The van der Waals surface area contributed by atoms with E-state index in [0.29, 0.717) is 14.9 Å². The van der Waals surface area contributed by atoms with Crippen molar-refractivity contribution in [3.8, 4) is 5.69 Å². The van der Waals surface area contributed by atoms with Gasteiger partial charge in [0, 0.05) is 36.6 Å². The van der Waals surface area contributed by atoms with Gasteiger partial charge in [0.25, 0.3) is 0 Å². The maximum Gasteiger partial charge on any atom is 0.224 e. The van der Waals surface area contributed by atoms with Gasteiger partial charge in [-0.2, -0.15) is 0 Å². The fourth-order valence-electron chi connectivity index (χ4n) is 2.17. The van der Waals surface area contributed by atoms with Crippen molar-refractivity contribution in [1.82, 2.24) is 9.55 Å². The zero-order valence-electron chi connectivity index (χ0n) is 12.6. The molecule has 0 fully saturated rings. The summed E-state index contributed by atoms with van der Waals surface area (Å²) in [6.07, 6.45) is 5.55. The molecule has 7 heteroatoms. The number of halogens is 1. The Balaban J connectivity index is 1.52. The number of imidazole rings is 1. The van der Waals surface area contributed by atoms with Crippen LogP contribution in [-0.4, -0.2) is 21.2 Å². The van der Waals surface area contributed by atoms with E-state index in [1.807, 2.05) is 35.0 Å². The highest BCUT2D eigenvalue weighted by Gasteiger charge is 2.11. The van der Waals surface area contributed by atoms with Gasteiger partial charge in [-0.1, -0.05) is 11.6 Å². The molecule has 0 unspecified atom stereocenters. The Morgan fingerprint density at radius 1 is 1.12 bits per heavy atom. The van der Waals surface area contributed by atoms with E-state index in [-0.39, 0.29) is 24.5 Å². The van der Waals surface area contributed by atoms with Gasteiger partial charge in [0.05, 0.1) is 15.5 Å². The molecule has 5 nitrogen and oxygen atoms in total. The van der Waals surface area contributed by atoms with Crippen molar-refractivity contribution >= 4 is 40.3 Å². The van der Waals surface area contributed by atoms with Gasteiger partial charge in [-0.15, -0.1) is 11.3 Å². The number of Topliss-reactive ketones (excluding diaryl/α,β-unsaturated/α-hetero) is 1. The van der Waals surface area contributed by atoms with Crippen LogP contribution in [0.25, 0.3) is 5.69 Å². The number of ketones is 1. The van der Waals surface area contributed by atoms with Crippen molar-refractivity contribution in [3.63, 3.8) is 0 Å². The summed E-state index contributed by atoms with van der Waals surface area (Å²) in [4.78, 5) is 28.5. The Hall–Kier alpha value is -2.44. The number of carbonyl (C=O) groups is 2. The van der Waals surface area contributed by atoms with Gasteiger partial charge < -0.3 is 9.88 Å². The molecular formula is C17H14ClN3O2S. The van der Waals surface area contributed by atoms with E-state index in [0.717, 1.165) is 5.69 Å². The molecule has 0 bridgehead atoms. The SMILES string of the molecule is O=C(CCC(=O)c1ccc(Cl)s1)Nc1ccc(-n2ccnc2)cc1. The van der Waals surface area contributed by atoms with Gasteiger partial charge in [0.1, 0.15) is 0 Å². The number of nitrogens with zero attached hydrogens (tertiary/aromatic N) is 2. The van der Waals surface area contributed by atoms with E-state index in [2.05, 4.69) is 10.3 Å². The molecule has 0 aliphatic heterocycles. The second kappa shape index (κ2) is 7.42. The molecule has 0 saturated heterocycles. The molecule has 0 spiro atoms. The highest BCUT2D eigenvalue weighted by Crippen LogP contribution is 2.23. The zero-order valence-corrected chi connectivity index (χ0v) is 14.2. The average Bonchev–Trinajstić information content (AvgIpc) is 3.25. The lowest BCUT2D eigenvalue weighted by Gasteiger charge is -2.07. The maximum atomic E-state index is 12.0. The molecule has 1 N–H and O–H groups in total. The summed E-state index contributed by atoms with van der Waals surface area (Å²) < 4.78 is 2.44. The third-order valence-corrected chi connectivity index (χ3v) is 4.65. The number of hydrogen-bond acceptors (Lipinski definition) is 4. The van der Waals surface area contributed by atoms with E-state index in [9.17, 15) is 9.59 Å².